The van der Waals surface area contributed by atoms with Gasteiger partial charge in [0.25, 0.3) is 5.78 Å². The van der Waals surface area contributed by atoms with E-state index in [0.717, 1.165) is 26.0 Å². The second kappa shape index (κ2) is 9.60. The molecule has 0 spiro atoms. The van der Waals surface area contributed by atoms with Gasteiger partial charge in [-0.3, -0.25) is 4.79 Å². The predicted octanol–water partition coefficient (Wildman–Crippen LogP) is 3.29. The maximum Gasteiger partial charge on any atom is 0.378 e. The largest absolute Gasteiger partial charge is 0.507 e. The fourth-order valence-electron chi connectivity index (χ4n) is 1.81. The standard InChI is InChI=1S/C17H22O5/c1-3-4-5-6-11-22-14-9-7-13(8-10-14)15(18)12-16(19)17(20)21-2/h7-10,12,18H,3-6,11H2,1-2H3/b15-12-. The summed E-state index contributed by atoms with van der Waals surface area (Å²) in [4.78, 5) is 22.3. The third kappa shape index (κ3) is 5.99. The highest BCUT2D eigenvalue weighted by Gasteiger charge is 2.12. The molecule has 1 N–H and O–H groups in total. The van der Waals surface area contributed by atoms with Crippen molar-refractivity contribution in [3.63, 3.8) is 0 Å². The van der Waals surface area contributed by atoms with Gasteiger partial charge in [0, 0.05) is 11.6 Å². The lowest BCUT2D eigenvalue weighted by atomic mass is 10.1. The van der Waals surface area contributed by atoms with Gasteiger partial charge in [0.1, 0.15) is 11.5 Å². The van der Waals surface area contributed by atoms with E-state index < -0.39 is 11.8 Å². The maximum atomic E-state index is 11.3. The van der Waals surface area contributed by atoms with Gasteiger partial charge in [0.15, 0.2) is 0 Å². The monoisotopic (exact) mass is 306 g/mol. The summed E-state index contributed by atoms with van der Waals surface area (Å²) in [5.74, 6) is -1.51. The van der Waals surface area contributed by atoms with Crippen LogP contribution in [0, 0.1) is 0 Å². The van der Waals surface area contributed by atoms with Crippen LogP contribution in [0.25, 0.3) is 5.76 Å². The molecule has 0 radical (unpaired) electrons. The third-order valence-corrected chi connectivity index (χ3v) is 3.07. The highest BCUT2D eigenvalue weighted by Crippen LogP contribution is 2.17. The lowest BCUT2D eigenvalue weighted by Gasteiger charge is -2.07. The average Bonchev–Trinajstić information content (AvgIpc) is 2.54. The fourth-order valence-corrected chi connectivity index (χ4v) is 1.81. The average molecular weight is 306 g/mol. The van der Waals surface area contributed by atoms with Crippen molar-refractivity contribution in [2.75, 3.05) is 13.7 Å². The smallest absolute Gasteiger partial charge is 0.378 e. The van der Waals surface area contributed by atoms with Crippen molar-refractivity contribution in [2.45, 2.75) is 32.6 Å². The van der Waals surface area contributed by atoms with Crippen molar-refractivity contribution in [3.8, 4) is 5.75 Å². The van der Waals surface area contributed by atoms with Crippen molar-refractivity contribution in [1.82, 2.24) is 0 Å². The summed E-state index contributed by atoms with van der Waals surface area (Å²) in [6.07, 6.45) is 5.38. The molecular formula is C17H22O5. The van der Waals surface area contributed by atoms with Crippen molar-refractivity contribution in [2.24, 2.45) is 0 Å². The van der Waals surface area contributed by atoms with E-state index in [1.165, 1.54) is 12.8 Å². The molecule has 0 saturated heterocycles. The van der Waals surface area contributed by atoms with Gasteiger partial charge in [-0.1, -0.05) is 26.2 Å². The molecule has 0 aromatic heterocycles. The second-order valence-corrected chi connectivity index (χ2v) is 4.82. The zero-order chi connectivity index (χ0) is 16.4. The first kappa shape index (κ1) is 17.8. The predicted molar refractivity (Wildman–Crippen MR) is 83.7 cm³/mol. The molecule has 120 valence electrons. The Morgan fingerprint density at radius 3 is 2.41 bits per heavy atom. The molecular weight excluding hydrogens is 284 g/mol. The van der Waals surface area contributed by atoms with Gasteiger partial charge in [-0.25, -0.2) is 4.79 Å². The number of hydrogen-bond acceptors (Lipinski definition) is 5. The summed E-state index contributed by atoms with van der Waals surface area (Å²) in [6, 6.07) is 6.67. The molecule has 1 aromatic carbocycles. The normalized spacial score (nSPS) is 11.1. The Morgan fingerprint density at radius 1 is 1.14 bits per heavy atom. The molecule has 0 fully saturated rings. The number of aliphatic hydroxyl groups is 1. The Morgan fingerprint density at radius 2 is 1.82 bits per heavy atom. The number of ether oxygens (including phenoxy) is 2. The van der Waals surface area contributed by atoms with Crippen LogP contribution >= 0.6 is 0 Å². The summed E-state index contributed by atoms with van der Waals surface area (Å²) in [7, 11) is 1.11. The number of ketones is 1. The van der Waals surface area contributed by atoms with E-state index in [4.69, 9.17) is 4.74 Å². The first-order valence-electron chi connectivity index (χ1n) is 7.34. The topological polar surface area (TPSA) is 72.8 Å². The van der Waals surface area contributed by atoms with Gasteiger partial charge in [0.2, 0.25) is 0 Å². The van der Waals surface area contributed by atoms with Crippen molar-refractivity contribution in [3.05, 3.63) is 35.9 Å². The summed E-state index contributed by atoms with van der Waals surface area (Å²) >= 11 is 0. The van der Waals surface area contributed by atoms with Crippen LogP contribution in [0.3, 0.4) is 0 Å². The summed E-state index contributed by atoms with van der Waals surface area (Å²) in [6.45, 7) is 2.81. The number of unbranched alkanes of at least 4 members (excludes halogenated alkanes) is 3. The van der Waals surface area contributed by atoms with Gasteiger partial charge in [0.05, 0.1) is 13.7 Å². The molecule has 0 aliphatic carbocycles. The molecule has 0 unspecified atom stereocenters. The number of benzene rings is 1. The number of carbonyl (C=O) groups is 2. The van der Waals surface area contributed by atoms with Gasteiger partial charge in [-0.2, -0.15) is 0 Å². The molecule has 0 heterocycles. The van der Waals surface area contributed by atoms with E-state index in [9.17, 15) is 14.7 Å². The Labute approximate surface area is 130 Å². The molecule has 0 aliphatic rings. The summed E-state index contributed by atoms with van der Waals surface area (Å²) in [5.41, 5.74) is 0.426. The van der Waals surface area contributed by atoms with Crippen LogP contribution in [0.15, 0.2) is 30.3 Å². The zero-order valence-corrected chi connectivity index (χ0v) is 13.0. The molecule has 22 heavy (non-hydrogen) atoms. The molecule has 0 bridgehead atoms. The minimum Gasteiger partial charge on any atom is -0.507 e. The quantitative estimate of drug-likeness (QED) is 0.249. The van der Waals surface area contributed by atoms with Crippen LogP contribution in [-0.4, -0.2) is 30.6 Å². The van der Waals surface area contributed by atoms with E-state index in [-0.39, 0.29) is 5.76 Å². The van der Waals surface area contributed by atoms with E-state index in [2.05, 4.69) is 11.7 Å². The molecule has 0 atom stereocenters. The van der Waals surface area contributed by atoms with Crippen LogP contribution in [0.2, 0.25) is 0 Å². The molecule has 0 saturated carbocycles. The van der Waals surface area contributed by atoms with Crippen molar-refractivity contribution in [1.29, 1.82) is 0 Å². The Kier molecular flexibility index (Phi) is 7.75. The number of aliphatic hydroxyl groups excluding tert-OH is 1. The zero-order valence-electron chi connectivity index (χ0n) is 13.0. The number of rotatable bonds is 9. The molecule has 1 rings (SSSR count). The molecule has 0 aliphatic heterocycles. The van der Waals surface area contributed by atoms with Gasteiger partial charge in [-0.05, 0) is 30.7 Å². The van der Waals surface area contributed by atoms with Gasteiger partial charge < -0.3 is 14.6 Å². The van der Waals surface area contributed by atoms with Crippen molar-refractivity contribution < 1.29 is 24.2 Å². The fraction of sp³-hybridized carbons (Fsp3) is 0.412. The third-order valence-electron chi connectivity index (χ3n) is 3.07. The molecule has 0 amide bonds. The van der Waals surface area contributed by atoms with Crippen molar-refractivity contribution >= 4 is 17.5 Å². The second-order valence-electron chi connectivity index (χ2n) is 4.82. The van der Waals surface area contributed by atoms with Crippen LogP contribution in [0.1, 0.15) is 38.2 Å². The Hall–Kier alpha value is -2.30. The molecule has 1 aromatic rings. The highest BCUT2D eigenvalue weighted by atomic mass is 16.5. The van der Waals surface area contributed by atoms with Crippen LogP contribution in [-0.2, 0) is 14.3 Å². The van der Waals surface area contributed by atoms with E-state index in [1.54, 1.807) is 24.3 Å². The van der Waals surface area contributed by atoms with Crippen LogP contribution in [0.4, 0.5) is 0 Å². The number of esters is 1. The lowest BCUT2D eigenvalue weighted by Crippen LogP contribution is -2.13. The summed E-state index contributed by atoms with van der Waals surface area (Å²) in [5, 5.41) is 9.79. The van der Waals surface area contributed by atoms with Gasteiger partial charge >= 0.3 is 5.97 Å². The number of carbonyl (C=O) groups excluding carboxylic acids is 2. The molecule has 5 nitrogen and oxygen atoms in total. The Bertz CT molecular complexity index is 516. The van der Waals surface area contributed by atoms with E-state index >= 15 is 0 Å². The Balaban J connectivity index is 2.55. The number of hydrogen-bond donors (Lipinski definition) is 1. The molecule has 5 heteroatoms. The lowest BCUT2D eigenvalue weighted by molar-refractivity contribution is -0.149. The first-order chi connectivity index (χ1) is 10.6. The highest BCUT2D eigenvalue weighted by molar-refractivity contribution is 6.39. The maximum absolute atomic E-state index is 11.3. The van der Waals surface area contributed by atoms with E-state index in [0.29, 0.717) is 17.9 Å². The first-order valence-corrected chi connectivity index (χ1v) is 7.34. The van der Waals surface area contributed by atoms with E-state index in [1.807, 2.05) is 0 Å². The summed E-state index contributed by atoms with van der Waals surface area (Å²) < 4.78 is 9.86. The van der Waals surface area contributed by atoms with Crippen LogP contribution < -0.4 is 4.74 Å². The van der Waals surface area contributed by atoms with Gasteiger partial charge in [-0.15, -0.1) is 0 Å². The van der Waals surface area contributed by atoms with Crippen LogP contribution in [0.5, 0.6) is 5.75 Å². The number of methoxy groups -OCH3 is 1. The minimum atomic E-state index is -1.02. The SMILES string of the molecule is CCCCCCOc1ccc(/C(O)=C/C(=O)C(=O)OC)cc1. The minimum absolute atomic E-state index is 0.287.